The number of aliphatic hydroxyl groups is 1. The van der Waals surface area contributed by atoms with Crippen LogP contribution in [0.5, 0.6) is 0 Å². The molecule has 1 heterocycles. The number of carbonyl (C=O) groups is 1. The lowest BCUT2D eigenvalue weighted by Crippen LogP contribution is -2.47. The zero-order valence-corrected chi connectivity index (χ0v) is 14.4. The third-order valence-electron chi connectivity index (χ3n) is 3.93. The Morgan fingerprint density at radius 3 is 2.41 bits per heavy atom. The largest absolute Gasteiger partial charge is 0.444 e. The standard InChI is InChI=1S/C17H24ClNO3/c1-12-11-13(18)5-6-14(12)17(21)7-9-19(10-8-17)15(20)22-16(2,3)4/h5-6,11,21H,7-10H2,1-4H3. The molecule has 4 nitrogen and oxygen atoms in total. The van der Waals surface area contributed by atoms with Gasteiger partial charge in [-0.25, -0.2) is 4.79 Å². The van der Waals surface area contributed by atoms with E-state index in [1.807, 2.05) is 39.8 Å². The fraction of sp³-hybridized carbons (Fsp3) is 0.588. The number of aryl methyl sites for hydroxylation is 1. The Labute approximate surface area is 137 Å². The van der Waals surface area contributed by atoms with E-state index < -0.39 is 11.2 Å². The summed E-state index contributed by atoms with van der Waals surface area (Å²) in [4.78, 5) is 13.7. The predicted octanol–water partition coefficient (Wildman–Crippen LogP) is 3.87. The van der Waals surface area contributed by atoms with Gasteiger partial charge >= 0.3 is 6.09 Å². The van der Waals surface area contributed by atoms with Gasteiger partial charge in [-0.3, -0.25) is 0 Å². The molecule has 122 valence electrons. The van der Waals surface area contributed by atoms with Crippen LogP contribution in [-0.2, 0) is 10.3 Å². The molecule has 1 fully saturated rings. The molecule has 1 N–H and O–H groups in total. The first-order chi connectivity index (χ1) is 10.1. The number of nitrogens with zero attached hydrogens (tertiary/aromatic N) is 1. The molecule has 1 amide bonds. The van der Waals surface area contributed by atoms with E-state index in [1.165, 1.54) is 0 Å². The smallest absolute Gasteiger partial charge is 0.410 e. The van der Waals surface area contributed by atoms with E-state index in [-0.39, 0.29) is 6.09 Å². The number of hydrogen-bond donors (Lipinski definition) is 1. The number of likely N-dealkylation sites (tertiary alicyclic amines) is 1. The average molecular weight is 326 g/mol. The summed E-state index contributed by atoms with van der Waals surface area (Å²) in [5.74, 6) is 0. The summed E-state index contributed by atoms with van der Waals surface area (Å²) in [5.41, 5.74) is 0.451. The van der Waals surface area contributed by atoms with Gasteiger partial charge in [-0.15, -0.1) is 0 Å². The van der Waals surface area contributed by atoms with E-state index in [0.29, 0.717) is 31.0 Å². The van der Waals surface area contributed by atoms with Crippen LogP contribution in [0.3, 0.4) is 0 Å². The van der Waals surface area contributed by atoms with Gasteiger partial charge in [0, 0.05) is 18.1 Å². The molecule has 2 rings (SSSR count). The van der Waals surface area contributed by atoms with Crippen LogP contribution in [0.2, 0.25) is 5.02 Å². The van der Waals surface area contributed by atoms with Gasteiger partial charge in [0.1, 0.15) is 5.60 Å². The molecule has 22 heavy (non-hydrogen) atoms. The fourth-order valence-corrected chi connectivity index (χ4v) is 3.03. The second kappa shape index (κ2) is 6.09. The third-order valence-corrected chi connectivity index (χ3v) is 4.17. The van der Waals surface area contributed by atoms with Crippen molar-refractivity contribution in [2.45, 2.75) is 51.7 Å². The number of halogens is 1. The molecule has 5 heteroatoms. The molecule has 0 unspecified atom stereocenters. The molecular formula is C17H24ClNO3. The molecule has 0 saturated carbocycles. The Kier molecular flexibility index (Phi) is 4.73. The van der Waals surface area contributed by atoms with Crippen molar-refractivity contribution in [2.24, 2.45) is 0 Å². The highest BCUT2D eigenvalue weighted by Crippen LogP contribution is 2.35. The van der Waals surface area contributed by atoms with Gasteiger partial charge in [-0.05, 0) is 63.8 Å². The minimum Gasteiger partial charge on any atom is -0.444 e. The van der Waals surface area contributed by atoms with Crippen molar-refractivity contribution in [3.63, 3.8) is 0 Å². The molecular weight excluding hydrogens is 302 g/mol. The van der Waals surface area contributed by atoms with Gasteiger partial charge in [-0.1, -0.05) is 17.7 Å². The monoisotopic (exact) mass is 325 g/mol. The Morgan fingerprint density at radius 2 is 1.91 bits per heavy atom. The van der Waals surface area contributed by atoms with Crippen molar-refractivity contribution < 1.29 is 14.6 Å². The van der Waals surface area contributed by atoms with Crippen LogP contribution in [0, 0.1) is 6.92 Å². The molecule has 1 aromatic rings. The van der Waals surface area contributed by atoms with Crippen LogP contribution in [0.4, 0.5) is 4.79 Å². The number of benzene rings is 1. The summed E-state index contributed by atoms with van der Waals surface area (Å²) in [5, 5.41) is 11.6. The summed E-state index contributed by atoms with van der Waals surface area (Å²) in [6, 6.07) is 5.53. The van der Waals surface area contributed by atoms with Crippen LogP contribution >= 0.6 is 11.6 Å². The lowest BCUT2D eigenvalue weighted by Gasteiger charge is -2.39. The van der Waals surface area contributed by atoms with E-state index in [0.717, 1.165) is 11.1 Å². The van der Waals surface area contributed by atoms with Gasteiger partial charge in [0.05, 0.1) is 5.60 Å². The molecule has 1 saturated heterocycles. The van der Waals surface area contributed by atoms with Crippen molar-refractivity contribution in [1.29, 1.82) is 0 Å². The normalized spacial score (nSPS) is 18.2. The van der Waals surface area contributed by atoms with Crippen LogP contribution in [0.15, 0.2) is 18.2 Å². The van der Waals surface area contributed by atoms with Crippen molar-refractivity contribution >= 4 is 17.7 Å². The quantitative estimate of drug-likeness (QED) is 0.852. The molecule has 0 bridgehead atoms. The average Bonchev–Trinajstić information content (AvgIpc) is 2.36. The molecule has 0 atom stereocenters. The van der Waals surface area contributed by atoms with Gasteiger partial charge in [0.15, 0.2) is 0 Å². The van der Waals surface area contributed by atoms with Crippen LogP contribution in [0.25, 0.3) is 0 Å². The predicted molar refractivity (Wildman–Crippen MR) is 87.1 cm³/mol. The van der Waals surface area contributed by atoms with Crippen molar-refractivity contribution in [2.75, 3.05) is 13.1 Å². The summed E-state index contributed by atoms with van der Waals surface area (Å²) < 4.78 is 5.38. The van der Waals surface area contributed by atoms with E-state index in [1.54, 1.807) is 11.0 Å². The number of rotatable bonds is 1. The van der Waals surface area contributed by atoms with Crippen LogP contribution in [0.1, 0.15) is 44.7 Å². The number of ether oxygens (including phenoxy) is 1. The minimum absolute atomic E-state index is 0.317. The van der Waals surface area contributed by atoms with Crippen molar-refractivity contribution in [3.8, 4) is 0 Å². The van der Waals surface area contributed by atoms with E-state index >= 15 is 0 Å². The van der Waals surface area contributed by atoms with Crippen molar-refractivity contribution in [1.82, 2.24) is 4.90 Å². The zero-order valence-electron chi connectivity index (χ0n) is 13.6. The first-order valence-corrected chi connectivity index (χ1v) is 7.95. The Hall–Kier alpha value is -1.26. The molecule has 0 aromatic heterocycles. The lowest BCUT2D eigenvalue weighted by atomic mass is 9.82. The highest BCUT2D eigenvalue weighted by atomic mass is 35.5. The number of amides is 1. The van der Waals surface area contributed by atoms with Crippen molar-refractivity contribution in [3.05, 3.63) is 34.3 Å². The number of carbonyl (C=O) groups excluding carboxylic acids is 1. The molecule has 1 aliphatic rings. The van der Waals surface area contributed by atoms with Crippen LogP contribution in [-0.4, -0.2) is 34.8 Å². The van der Waals surface area contributed by atoms with E-state index in [9.17, 15) is 9.90 Å². The van der Waals surface area contributed by atoms with Gasteiger partial charge in [0.25, 0.3) is 0 Å². The maximum absolute atomic E-state index is 12.1. The summed E-state index contributed by atoms with van der Waals surface area (Å²) >= 11 is 5.98. The van der Waals surface area contributed by atoms with E-state index in [2.05, 4.69) is 0 Å². The topological polar surface area (TPSA) is 49.8 Å². The van der Waals surface area contributed by atoms with Crippen LogP contribution < -0.4 is 0 Å². The molecule has 0 aliphatic carbocycles. The first kappa shape index (κ1) is 17.1. The maximum Gasteiger partial charge on any atom is 0.410 e. The Balaban J connectivity index is 2.06. The second-order valence-electron chi connectivity index (χ2n) is 6.96. The highest BCUT2D eigenvalue weighted by Gasteiger charge is 2.37. The van der Waals surface area contributed by atoms with E-state index in [4.69, 9.17) is 16.3 Å². The lowest BCUT2D eigenvalue weighted by molar-refractivity contribution is -0.0359. The Bertz CT molecular complexity index is 558. The fourth-order valence-electron chi connectivity index (χ4n) is 2.80. The third kappa shape index (κ3) is 3.93. The molecule has 0 radical (unpaired) electrons. The second-order valence-corrected chi connectivity index (χ2v) is 7.39. The van der Waals surface area contributed by atoms with Gasteiger partial charge in [0.2, 0.25) is 0 Å². The first-order valence-electron chi connectivity index (χ1n) is 7.58. The summed E-state index contributed by atoms with van der Waals surface area (Å²) in [6.45, 7) is 8.45. The molecule has 1 aromatic carbocycles. The number of hydrogen-bond acceptors (Lipinski definition) is 3. The van der Waals surface area contributed by atoms with Gasteiger partial charge < -0.3 is 14.7 Å². The summed E-state index contributed by atoms with van der Waals surface area (Å²) in [6.07, 6.45) is 0.672. The zero-order chi connectivity index (χ0) is 16.5. The molecule has 1 aliphatic heterocycles. The molecule has 0 spiro atoms. The van der Waals surface area contributed by atoms with Gasteiger partial charge in [-0.2, -0.15) is 0 Å². The minimum atomic E-state index is -0.910. The highest BCUT2D eigenvalue weighted by molar-refractivity contribution is 6.30. The number of piperidine rings is 1. The summed E-state index contributed by atoms with van der Waals surface area (Å²) in [7, 11) is 0. The Morgan fingerprint density at radius 1 is 1.32 bits per heavy atom. The maximum atomic E-state index is 12.1. The SMILES string of the molecule is Cc1cc(Cl)ccc1C1(O)CCN(C(=O)OC(C)(C)C)CC1.